The highest BCUT2D eigenvalue weighted by Gasteiger charge is 2.32. The van der Waals surface area contributed by atoms with Crippen LogP contribution in [0.4, 0.5) is 10.1 Å². The Kier molecular flexibility index (Phi) is 6.24. The van der Waals surface area contributed by atoms with Crippen LogP contribution in [0, 0.1) is 18.7 Å². The predicted octanol–water partition coefficient (Wildman–Crippen LogP) is 5.38. The van der Waals surface area contributed by atoms with Gasteiger partial charge in [0.25, 0.3) is 0 Å². The molecule has 0 aliphatic carbocycles. The summed E-state index contributed by atoms with van der Waals surface area (Å²) >= 11 is 0. The van der Waals surface area contributed by atoms with Crippen LogP contribution in [0.2, 0.25) is 0 Å². The normalized spacial score (nSPS) is 19.4. The molecule has 4 rings (SSSR count). The van der Waals surface area contributed by atoms with Gasteiger partial charge in [-0.25, -0.2) is 4.39 Å². The van der Waals surface area contributed by atoms with Gasteiger partial charge in [-0.15, -0.1) is 0 Å². The molecule has 4 heteroatoms. The molecule has 3 aromatic carbocycles. The molecule has 1 amide bonds. The van der Waals surface area contributed by atoms with E-state index in [1.807, 2.05) is 36.4 Å². The topological polar surface area (TPSA) is 32.3 Å². The summed E-state index contributed by atoms with van der Waals surface area (Å²) in [6.07, 6.45) is 0.807. The van der Waals surface area contributed by atoms with Crippen LogP contribution in [0.25, 0.3) is 0 Å². The van der Waals surface area contributed by atoms with Crippen molar-refractivity contribution >= 4 is 11.6 Å². The summed E-state index contributed by atoms with van der Waals surface area (Å²) in [4.78, 5) is 15.3. The number of piperidine rings is 1. The number of nitrogens with one attached hydrogen (secondary N) is 1. The molecule has 1 heterocycles. The number of para-hydroxylation sites is 1. The summed E-state index contributed by atoms with van der Waals surface area (Å²) in [7, 11) is 0. The zero-order valence-corrected chi connectivity index (χ0v) is 17.2. The molecule has 3 nitrogen and oxygen atoms in total. The van der Waals surface area contributed by atoms with E-state index in [1.54, 1.807) is 12.1 Å². The monoisotopic (exact) mass is 402 g/mol. The highest BCUT2D eigenvalue weighted by Crippen LogP contribution is 2.32. The van der Waals surface area contributed by atoms with Gasteiger partial charge in [0.15, 0.2) is 0 Å². The molecule has 1 aliphatic heterocycles. The van der Waals surface area contributed by atoms with Crippen molar-refractivity contribution in [3.05, 3.63) is 101 Å². The average Bonchev–Trinajstić information content (AvgIpc) is 2.74. The number of likely N-dealkylation sites (tertiary alicyclic amines) is 1. The minimum atomic E-state index is -0.224. The summed E-state index contributed by atoms with van der Waals surface area (Å²) in [5.74, 6) is -0.0438. The lowest BCUT2D eigenvalue weighted by Crippen LogP contribution is -2.43. The minimum Gasteiger partial charge on any atom is -0.326 e. The Hall–Kier alpha value is -2.98. The number of anilines is 1. The zero-order valence-electron chi connectivity index (χ0n) is 17.2. The summed E-state index contributed by atoms with van der Waals surface area (Å²) in [6.45, 7) is 4.25. The summed E-state index contributed by atoms with van der Waals surface area (Å²) < 4.78 is 13.7. The Morgan fingerprint density at radius 3 is 2.57 bits per heavy atom. The van der Waals surface area contributed by atoms with E-state index in [0.717, 1.165) is 24.2 Å². The van der Waals surface area contributed by atoms with E-state index < -0.39 is 0 Å². The van der Waals surface area contributed by atoms with Crippen molar-refractivity contribution in [1.82, 2.24) is 4.90 Å². The van der Waals surface area contributed by atoms with Crippen molar-refractivity contribution in [2.45, 2.75) is 25.8 Å². The van der Waals surface area contributed by atoms with E-state index in [2.05, 4.69) is 41.4 Å². The van der Waals surface area contributed by atoms with Crippen molar-refractivity contribution in [3.63, 3.8) is 0 Å². The van der Waals surface area contributed by atoms with Crippen LogP contribution in [0.3, 0.4) is 0 Å². The van der Waals surface area contributed by atoms with Crippen molar-refractivity contribution < 1.29 is 9.18 Å². The number of hydrogen-bond donors (Lipinski definition) is 1. The molecule has 0 spiro atoms. The highest BCUT2D eigenvalue weighted by molar-refractivity contribution is 5.92. The maximum absolute atomic E-state index is 13.7. The van der Waals surface area contributed by atoms with Gasteiger partial charge >= 0.3 is 0 Å². The molecule has 0 bridgehead atoms. The molecule has 0 saturated carbocycles. The number of aryl methyl sites for hydroxylation is 1. The van der Waals surface area contributed by atoms with E-state index in [9.17, 15) is 9.18 Å². The molecule has 2 atom stereocenters. The maximum Gasteiger partial charge on any atom is 0.228 e. The molecule has 30 heavy (non-hydrogen) atoms. The van der Waals surface area contributed by atoms with E-state index >= 15 is 0 Å². The van der Waals surface area contributed by atoms with Crippen molar-refractivity contribution in [2.24, 2.45) is 5.92 Å². The quantitative estimate of drug-likeness (QED) is 0.622. The Bertz CT molecular complexity index is 1000. The van der Waals surface area contributed by atoms with Crippen LogP contribution >= 0.6 is 0 Å². The fourth-order valence-electron chi connectivity index (χ4n) is 4.33. The van der Waals surface area contributed by atoms with Gasteiger partial charge in [-0.1, -0.05) is 60.2 Å². The number of carbonyl (C=O) groups excluding carboxylic acids is 1. The first kappa shape index (κ1) is 20.3. The van der Waals surface area contributed by atoms with Crippen LogP contribution in [0.1, 0.15) is 29.0 Å². The Morgan fingerprint density at radius 1 is 1.00 bits per heavy atom. The number of benzene rings is 3. The Labute approximate surface area is 177 Å². The highest BCUT2D eigenvalue weighted by atomic mass is 19.1. The lowest BCUT2D eigenvalue weighted by atomic mass is 9.83. The lowest BCUT2D eigenvalue weighted by molar-refractivity contribution is -0.121. The third-order valence-corrected chi connectivity index (χ3v) is 5.75. The molecule has 0 radical (unpaired) electrons. The van der Waals surface area contributed by atoms with E-state index in [0.29, 0.717) is 13.1 Å². The van der Waals surface area contributed by atoms with Crippen LogP contribution < -0.4 is 5.32 Å². The third-order valence-electron chi connectivity index (χ3n) is 5.75. The van der Waals surface area contributed by atoms with Crippen molar-refractivity contribution in [3.8, 4) is 0 Å². The van der Waals surface area contributed by atoms with Gasteiger partial charge < -0.3 is 5.32 Å². The number of halogens is 1. The molecular weight excluding hydrogens is 375 g/mol. The number of rotatable bonds is 5. The first-order valence-electron chi connectivity index (χ1n) is 10.5. The molecule has 0 aromatic heterocycles. The van der Waals surface area contributed by atoms with Crippen molar-refractivity contribution in [2.75, 3.05) is 18.4 Å². The van der Waals surface area contributed by atoms with E-state index in [4.69, 9.17) is 0 Å². The van der Waals surface area contributed by atoms with Crippen LogP contribution in [0.15, 0.2) is 78.9 Å². The fourth-order valence-corrected chi connectivity index (χ4v) is 4.33. The van der Waals surface area contributed by atoms with E-state index in [-0.39, 0.29) is 23.6 Å². The number of hydrogen-bond acceptors (Lipinski definition) is 2. The molecule has 154 valence electrons. The Morgan fingerprint density at radius 2 is 1.80 bits per heavy atom. The zero-order chi connectivity index (χ0) is 20.9. The second-order valence-corrected chi connectivity index (χ2v) is 8.22. The van der Waals surface area contributed by atoms with Gasteiger partial charge in [-0.3, -0.25) is 9.69 Å². The SMILES string of the molecule is Cc1cccc(C2CC(C(=O)Nc3ccccc3)CN(Cc3cccc(F)c3)C2)c1. The van der Waals surface area contributed by atoms with Gasteiger partial charge in [-0.2, -0.15) is 0 Å². The van der Waals surface area contributed by atoms with Gasteiger partial charge in [0.2, 0.25) is 5.91 Å². The first-order chi connectivity index (χ1) is 14.6. The average molecular weight is 403 g/mol. The number of amides is 1. The number of carbonyl (C=O) groups is 1. The first-order valence-corrected chi connectivity index (χ1v) is 10.5. The second-order valence-electron chi connectivity index (χ2n) is 8.22. The van der Waals surface area contributed by atoms with Gasteiger partial charge in [-0.05, 0) is 54.7 Å². The fraction of sp³-hybridized carbons (Fsp3) is 0.269. The lowest BCUT2D eigenvalue weighted by Gasteiger charge is -2.37. The third kappa shape index (κ3) is 5.14. The summed E-state index contributed by atoms with van der Waals surface area (Å²) in [6, 6.07) is 24.8. The molecule has 1 fully saturated rings. The smallest absolute Gasteiger partial charge is 0.228 e. The van der Waals surface area contributed by atoms with Gasteiger partial charge in [0, 0.05) is 25.3 Å². The molecular formula is C26H27FN2O. The van der Waals surface area contributed by atoms with Gasteiger partial charge in [0.1, 0.15) is 5.82 Å². The molecule has 1 N–H and O–H groups in total. The largest absolute Gasteiger partial charge is 0.326 e. The molecule has 1 aliphatic rings. The summed E-state index contributed by atoms with van der Waals surface area (Å²) in [5.41, 5.74) is 4.23. The maximum atomic E-state index is 13.7. The molecule has 1 saturated heterocycles. The van der Waals surface area contributed by atoms with Crippen LogP contribution in [-0.4, -0.2) is 23.9 Å². The van der Waals surface area contributed by atoms with Crippen molar-refractivity contribution in [1.29, 1.82) is 0 Å². The molecule has 2 unspecified atom stereocenters. The van der Waals surface area contributed by atoms with Crippen LogP contribution in [-0.2, 0) is 11.3 Å². The predicted molar refractivity (Wildman–Crippen MR) is 119 cm³/mol. The van der Waals surface area contributed by atoms with E-state index in [1.165, 1.54) is 17.2 Å². The standard InChI is InChI=1S/C26H27FN2O/c1-19-7-5-9-21(13-19)22-15-23(26(30)28-25-11-3-2-4-12-25)18-29(17-22)16-20-8-6-10-24(27)14-20/h2-14,22-23H,15-18H2,1H3,(H,28,30). The number of nitrogens with zero attached hydrogens (tertiary/aromatic N) is 1. The van der Waals surface area contributed by atoms with Crippen LogP contribution in [0.5, 0.6) is 0 Å². The summed E-state index contributed by atoms with van der Waals surface area (Å²) in [5, 5.41) is 3.06. The minimum absolute atomic E-state index is 0.0443. The second kappa shape index (κ2) is 9.23. The molecule has 3 aromatic rings. The Balaban J connectivity index is 1.55. The van der Waals surface area contributed by atoms with Gasteiger partial charge in [0.05, 0.1) is 5.92 Å².